The van der Waals surface area contributed by atoms with Gasteiger partial charge in [0.2, 0.25) is 11.9 Å². The molecule has 0 spiro atoms. The van der Waals surface area contributed by atoms with Crippen molar-refractivity contribution in [2.45, 2.75) is 19.4 Å². The largest absolute Gasteiger partial charge is 0.372 e. The molecule has 10 heteroatoms. The van der Waals surface area contributed by atoms with Crippen molar-refractivity contribution >= 4 is 63.0 Å². The molecule has 1 aliphatic heterocycles. The van der Waals surface area contributed by atoms with E-state index in [0.29, 0.717) is 33.1 Å². The fourth-order valence-electron chi connectivity index (χ4n) is 4.91. The van der Waals surface area contributed by atoms with Gasteiger partial charge < -0.3 is 25.0 Å². The van der Waals surface area contributed by atoms with E-state index in [9.17, 15) is 4.79 Å². The van der Waals surface area contributed by atoms with Crippen LogP contribution in [0.2, 0.25) is 10.0 Å². The molecule has 5 rings (SSSR count). The van der Waals surface area contributed by atoms with Crippen LogP contribution in [-0.2, 0) is 17.8 Å². The second kappa shape index (κ2) is 11.3. The molecule has 1 aliphatic rings. The zero-order chi connectivity index (χ0) is 27.7. The average Bonchev–Trinajstić information content (AvgIpc) is 3.30. The van der Waals surface area contributed by atoms with Crippen molar-refractivity contribution in [1.82, 2.24) is 19.4 Å². The zero-order valence-corrected chi connectivity index (χ0v) is 23.8. The highest BCUT2D eigenvalue weighted by Crippen LogP contribution is 2.39. The van der Waals surface area contributed by atoms with E-state index in [4.69, 9.17) is 28.2 Å². The molecule has 39 heavy (non-hydrogen) atoms. The van der Waals surface area contributed by atoms with Gasteiger partial charge in [-0.05, 0) is 50.7 Å². The van der Waals surface area contributed by atoms with E-state index < -0.39 is 0 Å². The SMILES string of the molecule is C=CC(=O)Nc1cc(Nc2ncc(Cl)c(-c3cn4c5c(cccc35)CCC4)n2)c(Cl)cc1N(C)CCN(C)C. The van der Waals surface area contributed by atoms with E-state index in [1.807, 2.05) is 32.1 Å². The molecule has 202 valence electrons. The van der Waals surface area contributed by atoms with Crippen molar-refractivity contribution in [3.63, 3.8) is 0 Å². The lowest BCUT2D eigenvalue weighted by Gasteiger charge is -2.25. The minimum Gasteiger partial charge on any atom is -0.372 e. The van der Waals surface area contributed by atoms with Gasteiger partial charge in [-0.15, -0.1) is 0 Å². The molecule has 2 aromatic carbocycles. The van der Waals surface area contributed by atoms with Crippen LogP contribution in [-0.4, -0.2) is 59.6 Å². The third kappa shape index (κ3) is 5.59. The van der Waals surface area contributed by atoms with E-state index in [2.05, 4.69) is 56.1 Å². The number of nitrogens with zero attached hydrogens (tertiary/aromatic N) is 5. The number of rotatable bonds is 9. The molecular weight excluding hydrogens is 533 g/mol. The maximum Gasteiger partial charge on any atom is 0.247 e. The van der Waals surface area contributed by atoms with Crippen LogP contribution in [0.25, 0.3) is 22.2 Å². The molecule has 4 aromatic rings. The summed E-state index contributed by atoms with van der Waals surface area (Å²) in [6, 6.07) is 9.98. The number of aryl methyl sites for hydroxylation is 2. The van der Waals surface area contributed by atoms with E-state index in [1.54, 1.807) is 12.3 Å². The van der Waals surface area contributed by atoms with Crippen LogP contribution in [0.3, 0.4) is 0 Å². The van der Waals surface area contributed by atoms with Crippen LogP contribution in [0.1, 0.15) is 12.0 Å². The molecule has 0 bridgehead atoms. The first-order chi connectivity index (χ1) is 18.7. The molecule has 0 fully saturated rings. The van der Waals surface area contributed by atoms with Gasteiger partial charge in [0, 0.05) is 43.8 Å². The maximum absolute atomic E-state index is 12.2. The third-order valence-electron chi connectivity index (χ3n) is 6.90. The summed E-state index contributed by atoms with van der Waals surface area (Å²) in [5.41, 5.74) is 6.12. The van der Waals surface area contributed by atoms with E-state index in [-0.39, 0.29) is 5.91 Å². The van der Waals surface area contributed by atoms with E-state index in [1.165, 1.54) is 17.2 Å². The Balaban J connectivity index is 1.51. The van der Waals surface area contributed by atoms with Crippen molar-refractivity contribution in [2.75, 3.05) is 49.8 Å². The summed E-state index contributed by atoms with van der Waals surface area (Å²) >= 11 is 13.3. The first-order valence-electron chi connectivity index (χ1n) is 12.8. The Hall–Kier alpha value is -3.59. The summed E-state index contributed by atoms with van der Waals surface area (Å²) in [5.74, 6) is 0.0293. The zero-order valence-electron chi connectivity index (χ0n) is 22.3. The lowest BCUT2D eigenvalue weighted by molar-refractivity contribution is -0.111. The number of aromatic nitrogens is 3. The van der Waals surface area contributed by atoms with Crippen LogP contribution in [0.5, 0.6) is 0 Å². The number of hydrogen-bond donors (Lipinski definition) is 2. The highest BCUT2D eigenvalue weighted by Gasteiger charge is 2.20. The summed E-state index contributed by atoms with van der Waals surface area (Å²) < 4.78 is 2.28. The van der Waals surface area contributed by atoms with Crippen molar-refractivity contribution < 1.29 is 4.79 Å². The maximum atomic E-state index is 12.2. The highest BCUT2D eigenvalue weighted by molar-refractivity contribution is 6.34. The molecule has 2 aromatic heterocycles. The predicted octanol–water partition coefficient (Wildman–Crippen LogP) is 6.22. The molecule has 0 saturated heterocycles. The lowest BCUT2D eigenvalue weighted by atomic mass is 10.0. The van der Waals surface area contributed by atoms with E-state index >= 15 is 0 Å². The summed E-state index contributed by atoms with van der Waals surface area (Å²) in [7, 11) is 5.98. The summed E-state index contributed by atoms with van der Waals surface area (Å²) in [5, 5.41) is 8.17. The summed E-state index contributed by atoms with van der Waals surface area (Å²) in [6.07, 6.45) is 7.12. The van der Waals surface area contributed by atoms with Crippen molar-refractivity contribution in [3.05, 3.63) is 71.0 Å². The van der Waals surface area contributed by atoms with Crippen LogP contribution in [0.4, 0.5) is 23.0 Å². The van der Waals surface area contributed by atoms with Gasteiger partial charge >= 0.3 is 0 Å². The van der Waals surface area contributed by atoms with Crippen molar-refractivity contribution in [3.8, 4) is 11.3 Å². The van der Waals surface area contributed by atoms with E-state index in [0.717, 1.165) is 49.1 Å². The number of nitrogens with one attached hydrogen (secondary N) is 2. The first-order valence-corrected chi connectivity index (χ1v) is 13.5. The first kappa shape index (κ1) is 27.0. The molecule has 3 heterocycles. The second-order valence-corrected chi connectivity index (χ2v) is 10.7. The smallest absolute Gasteiger partial charge is 0.247 e. The van der Waals surface area contributed by atoms with Gasteiger partial charge in [-0.2, -0.15) is 0 Å². The molecule has 0 saturated carbocycles. The molecule has 0 radical (unpaired) electrons. The Labute approximate surface area is 238 Å². The van der Waals surface area contributed by atoms with Crippen molar-refractivity contribution in [2.24, 2.45) is 0 Å². The molecule has 0 aliphatic carbocycles. The van der Waals surface area contributed by atoms with Gasteiger partial charge in [-0.25, -0.2) is 9.97 Å². The number of carbonyl (C=O) groups excluding carboxylic acids is 1. The quantitative estimate of drug-likeness (QED) is 0.235. The van der Waals surface area contributed by atoms with Crippen LogP contribution >= 0.6 is 23.2 Å². The number of anilines is 4. The Kier molecular flexibility index (Phi) is 7.79. The van der Waals surface area contributed by atoms with Gasteiger partial charge in [0.25, 0.3) is 0 Å². The minimum absolute atomic E-state index is 0.316. The van der Waals surface area contributed by atoms with Crippen LogP contribution in [0.15, 0.2) is 55.4 Å². The highest BCUT2D eigenvalue weighted by atomic mass is 35.5. The van der Waals surface area contributed by atoms with Crippen LogP contribution in [0, 0.1) is 0 Å². The number of benzene rings is 2. The molecule has 1 amide bonds. The Morgan fingerprint density at radius 3 is 2.74 bits per heavy atom. The molecule has 0 atom stereocenters. The molecule has 0 unspecified atom stereocenters. The normalized spacial score (nSPS) is 12.6. The number of amides is 1. The van der Waals surface area contributed by atoms with Gasteiger partial charge in [0.15, 0.2) is 0 Å². The Morgan fingerprint density at radius 2 is 1.97 bits per heavy atom. The minimum atomic E-state index is -0.316. The van der Waals surface area contributed by atoms with Gasteiger partial charge in [0.1, 0.15) is 0 Å². The van der Waals surface area contributed by atoms with Gasteiger partial charge in [0.05, 0.1) is 44.5 Å². The third-order valence-corrected chi connectivity index (χ3v) is 7.48. The van der Waals surface area contributed by atoms with Crippen molar-refractivity contribution in [1.29, 1.82) is 0 Å². The predicted molar refractivity (Wildman–Crippen MR) is 162 cm³/mol. The topological polar surface area (TPSA) is 78.3 Å². The fraction of sp³-hybridized carbons (Fsp3) is 0.276. The number of likely N-dealkylation sites (N-methyl/N-ethyl adjacent to an activating group) is 2. The fourth-order valence-corrected chi connectivity index (χ4v) is 5.31. The standard InChI is InChI=1S/C29H31Cl2N7O/c1-5-26(39)33-24-15-23(21(30)14-25(24)37(4)13-12-36(2)3)34-29-32-16-22(31)27(35-29)20-17-38-11-7-9-18-8-6-10-19(20)28(18)38/h5-6,8,10,14-17H,1,7,9,11-13H2,2-4H3,(H,33,39)(H,32,34,35). The average molecular weight is 565 g/mol. The van der Waals surface area contributed by atoms with Crippen LogP contribution < -0.4 is 15.5 Å². The number of carbonyl (C=O) groups is 1. The lowest BCUT2D eigenvalue weighted by Crippen LogP contribution is -2.29. The Bertz CT molecular complexity index is 1560. The summed E-state index contributed by atoms with van der Waals surface area (Å²) in [4.78, 5) is 25.6. The monoisotopic (exact) mass is 563 g/mol. The van der Waals surface area contributed by atoms with Gasteiger partial charge in [-0.3, -0.25) is 4.79 Å². The number of hydrogen-bond acceptors (Lipinski definition) is 6. The number of para-hydroxylation sites is 1. The molecule has 8 nitrogen and oxygen atoms in total. The van der Waals surface area contributed by atoms with Gasteiger partial charge in [-0.1, -0.05) is 48.0 Å². The second-order valence-electron chi connectivity index (χ2n) is 9.94. The molecule has 2 N–H and O–H groups in total. The molecular formula is C29H31Cl2N7O. The summed E-state index contributed by atoms with van der Waals surface area (Å²) in [6.45, 7) is 6.12. The number of halogens is 2. The Morgan fingerprint density at radius 1 is 1.15 bits per heavy atom.